The highest BCUT2D eigenvalue weighted by Crippen LogP contribution is 2.30. The highest BCUT2D eigenvalue weighted by molar-refractivity contribution is 7.89. The average Bonchev–Trinajstić information content (AvgIpc) is 2.63. The third-order valence-electron chi connectivity index (χ3n) is 3.62. The second-order valence-corrected chi connectivity index (χ2v) is 7.18. The fourth-order valence-corrected chi connectivity index (χ4v) is 3.12. The summed E-state index contributed by atoms with van der Waals surface area (Å²) in [5.74, 6) is 0. The van der Waals surface area contributed by atoms with Crippen LogP contribution in [0.2, 0.25) is 0 Å². The fourth-order valence-electron chi connectivity index (χ4n) is 2.40. The summed E-state index contributed by atoms with van der Waals surface area (Å²) in [6, 6.07) is 11.9. The molecule has 0 spiro atoms. The van der Waals surface area contributed by atoms with Crippen molar-refractivity contribution in [1.82, 2.24) is 0 Å². The van der Waals surface area contributed by atoms with Crippen LogP contribution in [0.4, 0.5) is 16.2 Å². The van der Waals surface area contributed by atoms with E-state index in [4.69, 9.17) is 9.88 Å². The van der Waals surface area contributed by atoms with Crippen molar-refractivity contribution in [3.63, 3.8) is 0 Å². The third-order valence-corrected chi connectivity index (χ3v) is 4.58. The molecule has 0 aromatic heterocycles. The summed E-state index contributed by atoms with van der Waals surface area (Å²) in [6.45, 7) is 1.84. The lowest BCUT2D eigenvalue weighted by molar-refractivity contribution is -0.384. The molecule has 0 bridgehead atoms. The topological polar surface area (TPSA) is 133 Å². The molecule has 0 atom stereocenters. The number of benzene rings is 2. The third kappa shape index (κ3) is 5.25. The molecule has 0 aliphatic heterocycles. The molecule has 1 amide bonds. The number of carbonyl (C=O) groups is 1. The van der Waals surface area contributed by atoms with Gasteiger partial charge in [-0.05, 0) is 18.1 Å². The smallest absolute Gasteiger partial charge is 0.414 e. The summed E-state index contributed by atoms with van der Waals surface area (Å²) in [5.41, 5.74) is 0.189. The van der Waals surface area contributed by atoms with E-state index in [1.807, 2.05) is 6.07 Å². The van der Waals surface area contributed by atoms with E-state index >= 15 is 0 Å². The highest BCUT2D eigenvalue weighted by atomic mass is 32.2. The van der Waals surface area contributed by atoms with Gasteiger partial charge in [0.05, 0.1) is 10.6 Å². The van der Waals surface area contributed by atoms with Crippen molar-refractivity contribution in [1.29, 1.82) is 0 Å². The van der Waals surface area contributed by atoms with Crippen molar-refractivity contribution in [3.05, 3.63) is 64.2 Å². The normalized spacial score (nSPS) is 11.0. The van der Waals surface area contributed by atoms with Crippen molar-refractivity contribution in [2.24, 2.45) is 5.14 Å². The van der Waals surface area contributed by atoms with Gasteiger partial charge in [-0.15, -0.1) is 0 Å². The number of hydrogen-bond donors (Lipinski definition) is 1. The SMILES string of the molecule is CCCN(C(=O)OCc1ccccc1)c1cc([N+](=O)[O-])ccc1S(N)(=O)=O. The molecule has 0 aliphatic carbocycles. The van der Waals surface area contributed by atoms with Crippen LogP contribution in [-0.4, -0.2) is 26.0 Å². The standard InChI is InChI=1S/C17H19N3O6S/c1-2-10-19(17(21)26-12-13-6-4-3-5-7-13)15-11-14(20(22)23)8-9-16(15)27(18,24)25/h3-9,11H,2,10,12H2,1H3,(H2,18,24,25). The number of rotatable bonds is 7. The molecule has 9 nitrogen and oxygen atoms in total. The predicted octanol–water partition coefficient (Wildman–Crippen LogP) is 2.80. The monoisotopic (exact) mass is 393 g/mol. The molecule has 10 heteroatoms. The van der Waals surface area contributed by atoms with Crippen LogP contribution in [0, 0.1) is 10.1 Å². The summed E-state index contributed by atoms with van der Waals surface area (Å²) < 4.78 is 29.0. The molecular formula is C17H19N3O6S. The zero-order valence-corrected chi connectivity index (χ0v) is 15.4. The number of hydrogen-bond acceptors (Lipinski definition) is 6. The molecule has 2 aromatic carbocycles. The van der Waals surface area contributed by atoms with E-state index in [9.17, 15) is 23.3 Å². The van der Waals surface area contributed by atoms with Crippen LogP contribution in [0.3, 0.4) is 0 Å². The lowest BCUT2D eigenvalue weighted by Crippen LogP contribution is -2.34. The maximum atomic E-state index is 12.6. The van der Waals surface area contributed by atoms with Crippen LogP contribution in [0.5, 0.6) is 0 Å². The average molecular weight is 393 g/mol. The molecule has 0 saturated carbocycles. The number of nitrogens with two attached hydrogens (primary N) is 1. The molecule has 144 valence electrons. The summed E-state index contributed by atoms with van der Waals surface area (Å²) in [5, 5.41) is 16.3. The molecule has 0 aliphatic rings. The minimum Gasteiger partial charge on any atom is -0.444 e. The van der Waals surface area contributed by atoms with E-state index in [1.54, 1.807) is 31.2 Å². The Morgan fingerprint density at radius 1 is 1.22 bits per heavy atom. The van der Waals surface area contributed by atoms with E-state index in [2.05, 4.69) is 0 Å². The molecule has 2 N–H and O–H groups in total. The maximum Gasteiger partial charge on any atom is 0.414 e. The van der Waals surface area contributed by atoms with Gasteiger partial charge in [0.15, 0.2) is 0 Å². The van der Waals surface area contributed by atoms with Gasteiger partial charge >= 0.3 is 6.09 Å². The minimum absolute atomic E-state index is 0.0283. The summed E-state index contributed by atoms with van der Waals surface area (Å²) >= 11 is 0. The van der Waals surface area contributed by atoms with Crippen LogP contribution in [-0.2, 0) is 21.4 Å². The Hall–Kier alpha value is -2.98. The van der Waals surface area contributed by atoms with Gasteiger partial charge in [0.2, 0.25) is 10.0 Å². The zero-order chi connectivity index (χ0) is 20.0. The molecule has 2 aromatic rings. The molecule has 0 heterocycles. The van der Waals surface area contributed by atoms with Gasteiger partial charge in [-0.25, -0.2) is 18.4 Å². The first-order valence-electron chi connectivity index (χ1n) is 8.03. The summed E-state index contributed by atoms with van der Waals surface area (Å²) in [4.78, 5) is 23.6. The van der Waals surface area contributed by atoms with Crippen molar-refractivity contribution < 1.29 is 22.9 Å². The number of nitro groups is 1. The molecule has 0 unspecified atom stereocenters. The first kappa shape index (κ1) is 20.3. The van der Waals surface area contributed by atoms with Gasteiger partial charge in [0, 0.05) is 18.7 Å². The second kappa shape index (κ2) is 8.60. The Morgan fingerprint density at radius 3 is 2.44 bits per heavy atom. The van der Waals surface area contributed by atoms with Crippen LogP contribution >= 0.6 is 0 Å². The lowest BCUT2D eigenvalue weighted by atomic mass is 10.2. The first-order valence-corrected chi connectivity index (χ1v) is 9.58. The molecule has 0 fully saturated rings. The molecular weight excluding hydrogens is 374 g/mol. The van der Waals surface area contributed by atoms with E-state index in [-0.39, 0.29) is 24.5 Å². The van der Waals surface area contributed by atoms with Gasteiger partial charge in [-0.2, -0.15) is 0 Å². The van der Waals surface area contributed by atoms with Gasteiger partial charge in [0.1, 0.15) is 11.5 Å². The van der Waals surface area contributed by atoms with E-state index in [0.717, 1.165) is 28.7 Å². The van der Waals surface area contributed by atoms with Crippen LogP contribution in [0.1, 0.15) is 18.9 Å². The molecule has 27 heavy (non-hydrogen) atoms. The number of ether oxygens (including phenoxy) is 1. The fraction of sp³-hybridized carbons (Fsp3) is 0.235. The van der Waals surface area contributed by atoms with Gasteiger partial charge in [0.25, 0.3) is 5.69 Å². The Morgan fingerprint density at radius 2 is 1.89 bits per heavy atom. The number of carbonyl (C=O) groups excluding carboxylic acids is 1. The van der Waals surface area contributed by atoms with Crippen LogP contribution < -0.4 is 10.0 Å². The number of sulfonamides is 1. The lowest BCUT2D eigenvalue weighted by Gasteiger charge is -2.23. The molecule has 2 rings (SSSR count). The number of nitro benzene ring substituents is 1. The minimum atomic E-state index is -4.21. The van der Waals surface area contributed by atoms with Crippen molar-refractivity contribution in [2.75, 3.05) is 11.4 Å². The van der Waals surface area contributed by atoms with E-state index in [0.29, 0.717) is 6.42 Å². The van der Waals surface area contributed by atoms with Crippen LogP contribution in [0.25, 0.3) is 0 Å². The predicted molar refractivity (Wildman–Crippen MR) is 98.7 cm³/mol. The van der Waals surface area contributed by atoms with Crippen molar-refractivity contribution in [2.45, 2.75) is 24.8 Å². The highest BCUT2D eigenvalue weighted by Gasteiger charge is 2.26. The Kier molecular flexibility index (Phi) is 6.48. The maximum absolute atomic E-state index is 12.6. The second-order valence-electron chi connectivity index (χ2n) is 5.65. The van der Waals surface area contributed by atoms with Crippen LogP contribution in [0.15, 0.2) is 53.4 Å². The number of primary sulfonamides is 1. The quantitative estimate of drug-likeness (QED) is 0.568. The summed E-state index contributed by atoms with van der Waals surface area (Å²) in [7, 11) is -4.21. The zero-order valence-electron chi connectivity index (χ0n) is 14.6. The van der Waals surface area contributed by atoms with Crippen molar-refractivity contribution >= 4 is 27.5 Å². The van der Waals surface area contributed by atoms with E-state index < -0.39 is 25.9 Å². The summed E-state index contributed by atoms with van der Waals surface area (Å²) in [6.07, 6.45) is -0.362. The number of anilines is 1. The largest absolute Gasteiger partial charge is 0.444 e. The first-order chi connectivity index (χ1) is 12.7. The van der Waals surface area contributed by atoms with Gasteiger partial charge in [-0.1, -0.05) is 37.3 Å². The van der Waals surface area contributed by atoms with E-state index in [1.165, 1.54) is 0 Å². The number of nitrogens with zero attached hydrogens (tertiary/aromatic N) is 2. The number of amides is 1. The molecule has 0 saturated heterocycles. The van der Waals surface area contributed by atoms with Gasteiger partial charge < -0.3 is 4.74 Å². The number of non-ortho nitro benzene ring substituents is 1. The van der Waals surface area contributed by atoms with Crippen molar-refractivity contribution in [3.8, 4) is 0 Å². The Labute approximate surface area is 156 Å². The Bertz CT molecular complexity index is 931. The Balaban J connectivity index is 2.40. The molecule has 0 radical (unpaired) electrons. The van der Waals surface area contributed by atoms with Gasteiger partial charge in [-0.3, -0.25) is 15.0 Å².